The normalized spacial score (nSPS) is 24.8. The van der Waals surface area contributed by atoms with Gasteiger partial charge in [0.25, 0.3) is 0 Å². The summed E-state index contributed by atoms with van der Waals surface area (Å²) in [7, 11) is 0. The SMILES string of the molecule is CCC1CCCC(OCc2ccc(C=O)o2)C1. The van der Waals surface area contributed by atoms with Gasteiger partial charge >= 0.3 is 0 Å². The van der Waals surface area contributed by atoms with Crippen LogP contribution in [0.4, 0.5) is 0 Å². The minimum Gasteiger partial charge on any atom is -0.456 e. The summed E-state index contributed by atoms with van der Waals surface area (Å²) in [5.74, 6) is 1.93. The van der Waals surface area contributed by atoms with E-state index >= 15 is 0 Å². The van der Waals surface area contributed by atoms with E-state index in [9.17, 15) is 4.79 Å². The average molecular weight is 236 g/mol. The summed E-state index contributed by atoms with van der Waals surface area (Å²) in [4.78, 5) is 10.5. The van der Waals surface area contributed by atoms with E-state index in [0.29, 0.717) is 18.5 Å². The molecule has 1 fully saturated rings. The lowest BCUT2D eigenvalue weighted by molar-refractivity contribution is -0.00549. The highest BCUT2D eigenvalue weighted by atomic mass is 16.5. The highest BCUT2D eigenvalue weighted by Gasteiger charge is 2.21. The molecule has 1 aliphatic carbocycles. The lowest BCUT2D eigenvalue weighted by Gasteiger charge is -2.28. The summed E-state index contributed by atoms with van der Waals surface area (Å²) in [6, 6.07) is 3.49. The van der Waals surface area contributed by atoms with Crippen molar-refractivity contribution in [2.75, 3.05) is 0 Å². The largest absolute Gasteiger partial charge is 0.456 e. The average Bonchev–Trinajstić information content (AvgIpc) is 2.84. The first-order valence-electron chi connectivity index (χ1n) is 6.47. The number of furan rings is 1. The van der Waals surface area contributed by atoms with E-state index in [0.717, 1.165) is 30.8 Å². The van der Waals surface area contributed by atoms with Gasteiger partial charge in [-0.1, -0.05) is 26.2 Å². The standard InChI is InChI=1S/C14H20O3/c1-2-11-4-3-5-12(8-11)16-10-14-7-6-13(9-15)17-14/h6-7,9,11-12H,2-5,8,10H2,1H3. The van der Waals surface area contributed by atoms with Gasteiger partial charge in [0.2, 0.25) is 0 Å². The van der Waals surface area contributed by atoms with Crippen LogP contribution in [0.2, 0.25) is 0 Å². The van der Waals surface area contributed by atoms with E-state index < -0.39 is 0 Å². The third-order valence-electron chi connectivity index (χ3n) is 3.57. The summed E-state index contributed by atoms with van der Waals surface area (Å²) in [5.41, 5.74) is 0. The first-order chi connectivity index (χ1) is 8.31. The van der Waals surface area contributed by atoms with Gasteiger partial charge in [0, 0.05) is 0 Å². The molecule has 3 heteroatoms. The van der Waals surface area contributed by atoms with Crippen molar-refractivity contribution in [2.24, 2.45) is 5.92 Å². The van der Waals surface area contributed by atoms with Crippen LogP contribution < -0.4 is 0 Å². The van der Waals surface area contributed by atoms with E-state index in [1.165, 1.54) is 19.3 Å². The molecule has 94 valence electrons. The van der Waals surface area contributed by atoms with Gasteiger partial charge in [0.15, 0.2) is 12.0 Å². The predicted molar refractivity (Wildman–Crippen MR) is 64.9 cm³/mol. The van der Waals surface area contributed by atoms with Crippen LogP contribution in [-0.2, 0) is 11.3 Å². The van der Waals surface area contributed by atoms with Crippen molar-refractivity contribution in [3.63, 3.8) is 0 Å². The summed E-state index contributed by atoms with van der Waals surface area (Å²) in [6.45, 7) is 2.73. The lowest BCUT2D eigenvalue weighted by atomic mass is 9.85. The molecule has 2 unspecified atom stereocenters. The summed E-state index contributed by atoms with van der Waals surface area (Å²) < 4.78 is 11.1. The number of carbonyl (C=O) groups is 1. The van der Waals surface area contributed by atoms with Crippen LogP contribution in [0, 0.1) is 5.92 Å². The molecule has 0 saturated heterocycles. The number of hydrogen-bond donors (Lipinski definition) is 0. The summed E-state index contributed by atoms with van der Waals surface area (Å²) in [5, 5.41) is 0. The monoisotopic (exact) mass is 236 g/mol. The molecule has 2 rings (SSSR count). The zero-order valence-corrected chi connectivity index (χ0v) is 10.4. The van der Waals surface area contributed by atoms with Gasteiger partial charge in [0.05, 0.1) is 6.10 Å². The van der Waals surface area contributed by atoms with Crippen molar-refractivity contribution in [3.05, 3.63) is 23.7 Å². The van der Waals surface area contributed by atoms with Gasteiger partial charge < -0.3 is 9.15 Å². The summed E-state index contributed by atoms with van der Waals surface area (Å²) >= 11 is 0. The molecule has 0 amide bonds. The Morgan fingerprint density at radius 1 is 1.47 bits per heavy atom. The molecular formula is C14H20O3. The number of carbonyl (C=O) groups excluding carboxylic acids is 1. The molecule has 1 aromatic heterocycles. The maximum atomic E-state index is 10.5. The Kier molecular flexibility index (Phi) is 4.37. The van der Waals surface area contributed by atoms with Gasteiger partial charge in [-0.15, -0.1) is 0 Å². The maximum Gasteiger partial charge on any atom is 0.185 e. The summed E-state index contributed by atoms with van der Waals surface area (Å²) in [6.07, 6.45) is 7.24. The Balaban J connectivity index is 1.79. The number of hydrogen-bond acceptors (Lipinski definition) is 3. The zero-order chi connectivity index (χ0) is 12.1. The zero-order valence-electron chi connectivity index (χ0n) is 10.4. The number of aldehydes is 1. The van der Waals surface area contributed by atoms with Gasteiger partial charge in [0.1, 0.15) is 12.4 Å². The molecule has 0 aliphatic heterocycles. The van der Waals surface area contributed by atoms with Gasteiger partial charge in [-0.05, 0) is 30.9 Å². The molecule has 2 atom stereocenters. The Bertz CT molecular complexity index is 356. The van der Waals surface area contributed by atoms with Crippen LogP contribution in [0.25, 0.3) is 0 Å². The van der Waals surface area contributed by atoms with Crippen LogP contribution in [0.5, 0.6) is 0 Å². The van der Waals surface area contributed by atoms with Crippen LogP contribution in [0.3, 0.4) is 0 Å². The molecule has 0 radical (unpaired) electrons. The molecule has 17 heavy (non-hydrogen) atoms. The Morgan fingerprint density at radius 2 is 2.35 bits per heavy atom. The van der Waals surface area contributed by atoms with Crippen molar-refractivity contribution in [2.45, 2.75) is 51.7 Å². The number of ether oxygens (including phenoxy) is 1. The second-order valence-electron chi connectivity index (χ2n) is 4.80. The van der Waals surface area contributed by atoms with Crippen LogP contribution in [0.15, 0.2) is 16.5 Å². The molecule has 0 spiro atoms. The van der Waals surface area contributed by atoms with Crippen molar-refractivity contribution < 1.29 is 13.9 Å². The molecule has 3 nitrogen and oxygen atoms in total. The van der Waals surface area contributed by atoms with Gasteiger partial charge in [-0.3, -0.25) is 4.79 Å². The highest BCUT2D eigenvalue weighted by molar-refractivity contribution is 5.70. The van der Waals surface area contributed by atoms with Crippen LogP contribution in [-0.4, -0.2) is 12.4 Å². The minimum atomic E-state index is 0.360. The first kappa shape index (κ1) is 12.4. The third-order valence-corrected chi connectivity index (χ3v) is 3.57. The number of rotatable bonds is 5. The van der Waals surface area contributed by atoms with Crippen molar-refractivity contribution in [1.29, 1.82) is 0 Å². The minimum absolute atomic E-state index is 0.360. The smallest absolute Gasteiger partial charge is 0.185 e. The fourth-order valence-corrected chi connectivity index (χ4v) is 2.50. The van der Waals surface area contributed by atoms with Crippen molar-refractivity contribution in [3.8, 4) is 0 Å². The van der Waals surface area contributed by atoms with Crippen LogP contribution in [0.1, 0.15) is 55.3 Å². The van der Waals surface area contributed by atoms with E-state index in [4.69, 9.17) is 9.15 Å². The Morgan fingerprint density at radius 3 is 3.06 bits per heavy atom. The van der Waals surface area contributed by atoms with E-state index in [1.807, 2.05) is 6.07 Å². The van der Waals surface area contributed by atoms with Crippen LogP contribution >= 0.6 is 0 Å². The third kappa shape index (κ3) is 3.43. The van der Waals surface area contributed by atoms with E-state index in [1.54, 1.807) is 6.07 Å². The Hall–Kier alpha value is -1.09. The molecule has 1 saturated carbocycles. The molecule has 1 heterocycles. The van der Waals surface area contributed by atoms with E-state index in [2.05, 4.69) is 6.92 Å². The van der Waals surface area contributed by atoms with Crippen molar-refractivity contribution in [1.82, 2.24) is 0 Å². The molecule has 0 N–H and O–H groups in total. The van der Waals surface area contributed by atoms with Gasteiger partial charge in [-0.2, -0.15) is 0 Å². The molecule has 1 aromatic rings. The molecule has 0 bridgehead atoms. The topological polar surface area (TPSA) is 39.4 Å². The lowest BCUT2D eigenvalue weighted by Crippen LogP contribution is -2.22. The van der Waals surface area contributed by atoms with E-state index in [-0.39, 0.29) is 0 Å². The highest BCUT2D eigenvalue weighted by Crippen LogP contribution is 2.28. The fourth-order valence-electron chi connectivity index (χ4n) is 2.50. The Labute approximate surface area is 102 Å². The second-order valence-corrected chi connectivity index (χ2v) is 4.80. The molecular weight excluding hydrogens is 216 g/mol. The predicted octanol–water partition coefficient (Wildman–Crippen LogP) is 3.58. The first-order valence-corrected chi connectivity index (χ1v) is 6.47. The fraction of sp³-hybridized carbons (Fsp3) is 0.643. The molecule has 0 aromatic carbocycles. The quantitative estimate of drug-likeness (QED) is 0.733. The van der Waals surface area contributed by atoms with Gasteiger partial charge in [-0.25, -0.2) is 0 Å². The van der Waals surface area contributed by atoms with Crippen molar-refractivity contribution >= 4 is 6.29 Å². The maximum absolute atomic E-state index is 10.5. The molecule has 1 aliphatic rings. The second kappa shape index (κ2) is 6.01.